The summed E-state index contributed by atoms with van der Waals surface area (Å²) in [6.07, 6.45) is 0. The third-order valence-corrected chi connectivity index (χ3v) is 15.5. The van der Waals surface area contributed by atoms with Gasteiger partial charge in [-0.3, -0.25) is 0 Å². The fourth-order valence-corrected chi connectivity index (χ4v) is 12.3. The number of anilines is 3. The Balaban J connectivity index is 1.15. The molecule has 0 atom stereocenters. The molecule has 2 aliphatic heterocycles. The maximum Gasteiger partial charge on any atom is 0.252 e. The fourth-order valence-electron chi connectivity index (χ4n) is 12.3. The number of hydrogen-bond acceptors (Lipinski definition) is 1. The summed E-state index contributed by atoms with van der Waals surface area (Å²) in [6, 6.07) is 57.8. The van der Waals surface area contributed by atoms with Crippen molar-refractivity contribution < 1.29 is 12.3 Å². The van der Waals surface area contributed by atoms with E-state index in [4.69, 9.17) is 12.3 Å². The molecule has 0 radical (unpaired) electrons. The number of nitrogens with zero attached hydrogens (tertiary/aromatic N) is 3. The standard InChI is InChI=1S/C64H54BN3/c1-62(2,3)38-24-28-41(29-25-38)66-52-32-27-40(64(7,8)9)34-50(52)65-49-21-13-20-47-48-33-39(63(4,5)6)26-31-51(48)68(61(47)49)56-36-42(35-55(66)60(56)65)67-53-22-14-19-46-44-17-11-10-16-43(44)45-18-12-15-37-23-30-54(67)59(57(37)45)58(46)53/h10-36H,1-9H3/i4D3,5D3,6D3. The summed E-state index contributed by atoms with van der Waals surface area (Å²) >= 11 is 0. The summed E-state index contributed by atoms with van der Waals surface area (Å²) < 4.78 is 83.0. The molecule has 0 N–H and O–H groups in total. The Morgan fingerprint density at radius 3 is 1.79 bits per heavy atom. The lowest BCUT2D eigenvalue weighted by atomic mass is 9.33. The molecule has 14 rings (SSSR count). The minimum absolute atomic E-state index is 0.0762. The Morgan fingerprint density at radius 2 is 1.04 bits per heavy atom. The number of rotatable bonds is 2. The molecule has 0 spiro atoms. The van der Waals surface area contributed by atoms with Gasteiger partial charge in [-0.05, 0) is 137 Å². The zero-order valence-corrected chi connectivity index (χ0v) is 39.0. The highest BCUT2D eigenvalue weighted by Gasteiger charge is 2.43. The summed E-state index contributed by atoms with van der Waals surface area (Å²) in [5.74, 6) is 0. The van der Waals surface area contributed by atoms with Gasteiger partial charge in [-0.1, -0.05) is 171 Å². The second kappa shape index (κ2) is 13.2. The molecule has 11 aromatic rings. The number of hydrogen-bond donors (Lipinski definition) is 0. The summed E-state index contributed by atoms with van der Waals surface area (Å²) in [4.78, 5) is 2.42. The SMILES string of the molecule is [2H]C([2H])([2H])C(c1ccc2c(c1)c1cccc3c1n2-c1cc(-n2c4cccc5c4c4c6c(cccc6ccc42)-c2ccccc2-5)cc2c1B3c1cc(C(C)(C)C)ccc1N2c1ccc(C(C)(C)C)cc1)(C([2H])([2H])[2H])C([2H])([2H])[2H]. The Labute approximate surface area is 412 Å². The molecule has 3 aliphatic rings. The summed E-state index contributed by atoms with van der Waals surface area (Å²) in [7, 11) is 0. The van der Waals surface area contributed by atoms with Gasteiger partial charge in [-0.15, -0.1) is 0 Å². The largest absolute Gasteiger partial charge is 0.311 e. The maximum atomic E-state index is 8.70. The van der Waals surface area contributed by atoms with Gasteiger partial charge in [-0.25, -0.2) is 0 Å². The number of fused-ring (bicyclic) bond motifs is 10. The minimum Gasteiger partial charge on any atom is -0.311 e. The molecule has 4 heteroatoms. The molecule has 3 nitrogen and oxygen atoms in total. The van der Waals surface area contributed by atoms with Crippen molar-refractivity contribution in [2.24, 2.45) is 0 Å². The summed E-state index contributed by atoms with van der Waals surface area (Å²) in [5.41, 5.74) is 15.3. The van der Waals surface area contributed by atoms with Crippen molar-refractivity contribution in [3.8, 4) is 33.6 Å². The van der Waals surface area contributed by atoms with E-state index in [9.17, 15) is 0 Å². The van der Waals surface area contributed by atoms with E-state index in [-0.39, 0.29) is 23.1 Å². The maximum absolute atomic E-state index is 8.70. The third kappa shape index (κ3) is 5.26. The zero-order chi connectivity index (χ0) is 53.8. The second-order valence-corrected chi connectivity index (χ2v) is 21.5. The van der Waals surface area contributed by atoms with Crippen molar-refractivity contribution in [3.63, 3.8) is 0 Å². The molecular weight excluding hydrogens is 822 g/mol. The lowest BCUT2D eigenvalue weighted by Gasteiger charge is -2.41. The molecule has 1 aliphatic carbocycles. The molecule has 0 unspecified atom stereocenters. The van der Waals surface area contributed by atoms with Crippen molar-refractivity contribution >= 4 is 94.5 Å². The highest BCUT2D eigenvalue weighted by atomic mass is 15.2. The summed E-state index contributed by atoms with van der Waals surface area (Å²) in [6.45, 7) is 2.87. The van der Waals surface area contributed by atoms with Crippen molar-refractivity contribution in [1.29, 1.82) is 0 Å². The van der Waals surface area contributed by atoms with Crippen molar-refractivity contribution in [1.82, 2.24) is 9.13 Å². The second-order valence-electron chi connectivity index (χ2n) is 21.5. The minimum atomic E-state index is -3.42. The molecule has 0 amide bonds. The van der Waals surface area contributed by atoms with Crippen LogP contribution in [0, 0.1) is 0 Å². The van der Waals surface area contributed by atoms with E-state index >= 15 is 0 Å². The molecule has 0 saturated carbocycles. The van der Waals surface area contributed by atoms with Crippen LogP contribution in [0.3, 0.4) is 0 Å². The third-order valence-electron chi connectivity index (χ3n) is 15.5. The van der Waals surface area contributed by atoms with Gasteiger partial charge in [0, 0.05) is 62.1 Å². The van der Waals surface area contributed by atoms with Gasteiger partial charge >= 0.3 is 0 Å². The predicted octanol–water partition coefficient (Wildman–Crippen LogP) is 15.2. The van der Waals surface area contributed by atoms with Crippen LogP contribution < -0.4 is 21.3 Å². The quantitative estimate of drug-likeness (QED) is 0.158. The van der Waals surface area contributed by atoms with Crippen molar-refractivity contribution in [2.75, 3.05) is 4.90 Å². The molecule has 0 saturated heterocycles. The average molecular weight is 885 g/mol. The number of benzene rings is 9. The van der Waals surface area contributed by atoms with Crippen LogP contribution in [0.2, 0.25) is 0 Å². The van der Waals surface area contributed by atoms with Gasteiger partial charge < -0.3 is 14.0 Å². The van der Waals surface area contributed by atoms with Crippen LogP contribution in [-0.2, 0) is 16.2 Å². The van der Waals surface area contributed by atoms with Crippen LogP contribution >= 0.6 is 0 Å². The Morgan fingerprint density at radius 1 is 0.412 bits per heavy atom. The molecule has 68 heavy (non-hydrogen) atoms. The van der Waals surface area contributed by atoms with Crippen LogP contribution in [0.15, 0.2) is 164 Å². The summed E-state index contributed by atoms with van der Waals surface area (Å²) in [5, 5.41) is 6.07. The van der Waals surface area contributed by atoms with Gasteiger partial charge in [0.15, 0.2) is 0 Å². The Bertz CT molecular complexity index is 4350. The van der Waals surface area contributed by atoms with Crippen molar-refractivity contribution in [2.45, 2.75) is 78.3 Å². The average Bonchev–Trinajstić information content (AvgIpc) is 4.12. The highest BCUT2D eigenvalue weighted by molar-refractivity contribution is 7.00. The lowest BCUT2D eigenvalue weighted by molar-refractivity contribution is 0.590. The number of para-hydroxylation sites is 1. The van der Waals surface area contributed by atoms with Gasteiger partial charge in [0.05, 0.1) is 22.2 Å². The van der Waals surface area contributed by atoms with Gasteiger partial charge in [0.2, 0.25) is 0 Å². The van der Waals surface area contributed by atoms with E-state index in [0.29, 0.717) is 10.9 Å². The van der Waals surface area contributed by atoms with E-state index in [1.807, 2.05) is 12.1 Å². The van der Waals surface area contributed by atoms with Crippen molar-refractivity contribution in [3.05, 3.63) is 180 Å². The first-order valence-electron chi connectivity index (χ1n) is 28.3. The normalized spacial score (nSPS) is 16.4. The van der Waals surface area contributed by atoms with E-state index < -0.39 is 26.0 Å². The van der Waals surface area contributed by atoms with Crippen LogP contribution in [-0.4, -0.2) is 15.8 Å². The zero-order valence-electron chi connectivity index (χ0n) is 48.0. The van der Waals surface area contributed by atoms with Crippen LogP contribution in [0.1, 0.15) is 91.1 Å². The first kappa shape index (κ1) is 31.6. The van der Waals surface area contributed by atoms with E-state index in [1.165, 1.54) is 61.7 Å². The molecule has 4 heterocycles. The van der Waals surface area contributed by atoms with Gasteiger partial charge in [0.25, 0.3) is 6.71 Å². The lowest BCUT2D eigenvalue weighted by Crippen LogP contribution is -2.60. The molecule has 2 aromatic heterocycles. The van der Waals surface area contributed by atoms with E-state index in [0.717, 1.165) is 72.1 Å². The molecular formula is C64H54BN3. The topological polar surface area (TPSA) is 13.1 Å². The molecule has 0 fully saturated rings. The first-order valence-corrected chi connectivity index (χ1v) is 23.8. The first-order chi connectivity index (χ1) is 36.4. The van der Waals surface area contributed by atoms with E-state index in [1.54, 1.807) is 6.07 Å². The predicted molar refractivity (Wildman–Crippen MR) is 292 cm³/mol. The molecule has 0 bridgehead atoms. The van der Waals surface area contributed by atoms with E-state index in [2.05, 4.69) is 189 Å². The Kier molecular flexibility index (Phi) is 6.16. The van der Waals surface area contributed by atoms with Crippen LogP contribution in [0.25, 0.3) is 88.0 Å². The molecule has 328 valence electrons. The highest BCUT2D eigenvalue weighted by Crippen LogP contribution is 2.51. The van der Waals surface area contributed by atoms with Gasteiger partial charge in [0.1, 0.15) is 0 Å². The smallest absolute Gasteiger partial charge is 0.252 e. The van der Waals surface area contributed by atoms with Gasteiger partial charge in [-0.2, -0.15) is 0 Å². The fraction of sp³-hybridized carbons (Fsp3) is 0.188. The Hall–Kier alpha value is -7.30. The molecule has 9 aromatic carbocycles. The van der Waals surface area contributed by atoms with Crippen LogP contribution in [0.4, 0.5) is 17.1 Å². The van der Waals surface area contributed by atoms with Crippen LogP contribution in [0.5, 0.6) is 0 Å². The number of aromatic nitrogens is 2. The monoisotopic (exact) mass is 884 g/mol.